The Bertz CT molecular complexity index is 153. The van der Waals surface area contributed by atoms with Gasteiger partial charge in [-0.25, -0.2) is 0 Å². The van der Waals surface area contributed by atoms with E-state index >= 15 is 0 Å². The molecular formula is C13H25N. The zero-order valence-corrected chi connectivity index (χ0v) is 9.67. The Morgan fingerprint density at radius 1 is 0.929 bits per heavy atom. The molecule has 0 spiro atoms. The highest BCUT2D eigenvalue weighted by Crippen LogP contribution is 2.27. The molecule has 1 saturated carbocycles. The maximum atomic E-state index is 2.72. The third-order valence-electron chi connectivity index (χ3n) is 4.28. The summed E-state index contributed by atoms with van der Waals surface area (Å²) >= 11 is 0. The minimum absolute atomic E-state index is 1.04. The van der Waals surface area contributed by atoms with Gasteiger partial charge in [0.05, 0.1) is 0 Å². The summed E-state index contributed by atoms with van der Waals surface area (Å²) in [6.45, 7) is 6.53. The SMILES string of the molecule is CCC1CCN(CC2CCCC2)CC1. The van der Waals surface area contributed by atoms with Gasteiger partial charge in [0.25, 0.3) is 0 Å². The third-order valence-corrected chi connectivity index (χ3v) is 4.28. The largest absolute Gasteiger partial charge is 0.303 e. The molecule has 2 rings (SSSR count). The number of hydrogen-bond donors (Lipinski definition) is 0. The van der Waals surface area contributed by atoms with E-state index in [2.05, 4.69) is 11.8 Å². The molecule has 1 aliphatic heterocycles. The summed E-state index contributed by atoms with van der Waals surface area (Å²) in [5, 5.41) is 0. The van der Waals surface area contributed by atoms with Crippen LogP contribution in [-0.4, -0.2) is 24.5 Å². The van der Waals surface area contributed by atoms with Gasteiger partial charge >= 0.3 is 0 Å². The number of rotatable bonds is 3. The molecule has 0 aromatic rings. The minimum Gasteiger partial charge on any atom is -0.303 e. The van der Waals surface area contributed by atoms with Crippen LogP contribution in [0.1, 0.15) is 51.9 Å². The lowest BCUT2D eigenvalue weighted by Crippen LogP contribution is -2.36. The number of hydrogen-bond acceptors (Lipinski definition) is 1. The molecule has 2 fully saturated rings. The lowest BCUT2D eigenvalue weighted by molar-refractivity contribution is 0.159. The summed E-state index contributed by atoms with van der Waals surface area (Å²) in [7, 11) is 0. The van der Waals surface area contributed by atoms with Gasteiger partial charge in [-0.1, -0.05) is 26.2 Å². The van der Waals surface area contributed by atoms with Crippen molar-refractivity contribution in [1.29, 1.82) is 0 Å². The summed E-state index contributed by atoms with van der Waals surface area (Å²) < 4.78 is 0. The van der Waals surface area contributed by atoms with Crippen LogP contribution in [0.4, 0.5) is 0 Å². The maximum Gasteiger partial charge on any atom is 0.000966 e. The molecule has 2 aliphatic rings. The second-order valence-corrected chi connectivity index (χ2v) is 5.30. The van der Waals surface area contributed by atoms with Gasteiger partial charge in [-0.2, -0.15) is 0 Å². The fourth-order valence-electron chi connectivity index (χ4n) is 3.14. The Kier molecular flexibility index (Phi) is 3.86. The summed E-state index contributed by atoms with van der Waals surface area (Å²) in [5.74, 6) is 2.09. The Hall–Kier alpha value is -0.0400. The molecule has 0 amide bonds. The van der Waals surface area contributed by atoms with Gasteiger partial charge in [-0.05, 0) is 50.6 Å². The average molecular weight is 195 g/mol. The van der Waals surface area contributed by atoms with E-state index in [9.17, 15) is 0 Å². The highest BCUT2D eigenvalue weighted by Gasteiger charge is 2.22. The first kappa shape index (κ1) is 10.5. The van der Waals surface area contributed by atoms with E-state index < -0.39 is 0 Å². The molecule has 0 aromatic carbocycles. The topological polar surface area (TPSA) is 3.24 Å². The van der Waals surface area contributed by atoms with Gasteiger partial charge in [0.2, 0.25) is 0 Å². The van der Waals surface area contributed by atoms with Gasteiger partial charge in [0.1, 0.15) is 0 Å². The number of nitrogens with zero attached hydrogens (tertiary/aromatic N) is 1. The van der Waals surface area contributed by atoms with E-state index in [-0.39, 0.29) is 0 Å². The molecule has 14 heavy (non-hydrogen) atoms. The minimum atomic E-state index is 1.04. The van der Waals surface area contributed by atoms with Gasteiger partial charge in [0, 0.05) is 6.54 Å². The lowest BCUT2D eigenvalue weighted by atomic mass is 9.93. The molecule has 1 aliphatic carbocycles. The number of likely N-dealkylation sites (tertiary alicyclic amines) is 1. The van der Waals surface area contributed by atoms with Gasteiger partial charge < -0.3 is 4.90 Å². The molecule has 1 heterocycles. The molecule has 0 N–H and O–H groups in total. The highest BCUT2D eigenvalue weighted by molar-refractivity contribution is 4.76. The molecular weight excluding hydrogens is 170 g/mol. The molecule has 0 aromatic heterocycles. The first-order valence-electron chi connectivity index (χ1n) is 6.61. The van der Waals surface area contributed by atoms with Crippen LogP contribution < -0.4 is 0 Å². The van der Waals surface area contributed by atoms with Crippen LogP contribution >= 0.6 is 0 Å². The Morgan fingerprint density at radius 2 is 1.57 bits per heavy atom. The smallest absolute Gasteiger partial charge is 0.000966 e. The predicted molar refractivity (Wildman–Crippen MR) is 61.4 cm³/mol. The Labute approximate surface area is 88.9 Å². The van der Waals surface area contributed by atoms with Gasteiger partial charge in [-0.15, -0.1) is 0 Å². The number of piperidine rings is 1. The van der Waals surface area contributed by atoms with E-state index in [0.717, 1.165) is 11.8 Å². The normalized spacial score (nSPS) is 27.2. The van der Waals surface area contributed by atoms with Crippen LogP contribution in [0.15, 0.2) is 0 Å². The van der Waals surface area contributed by atoms with Crippen LogP contribution in [0.3, 0.4) is 0 Å². The molecule has 0 unspecified atom stereocenters. The van der Waals surface area contributed by atoms with Crippen molar-refractivity contribution in [3.8, 4) is 0 Å². The third kappa shape index (κ3) is 2.73. The van der Waals surface area contributed by atoms with E-state index in [4.69, 9.17) is 0 Å². The molecule has 1 heteroatoms. The zero-order chi connectivity index (χ0) is 9.80. The van der Waals surface area contributed by atoms with E-state index in [1.165, 1.54) is 64.6 Å². The van der Waals surface area contributed by atoms with E-state index in [1.807, 2.05) is 0 Å². The summed E-state index contributed by atoms with van der Waals surface area (Å²) in [6.07, 6.45) is 10.3. The van der Waals surface area contributed by atoms with Gasteiger partial charge in [-0.3, -0.25) is 0 Å². The fraction of sp³-hybridized carbons (Fsp3) is 1.00. The summed E-state index contributed by atoms with van der Waals surface area (Å²) in [5.41, 5.74) is 0. The predicted octanol–water partition coefficient (Wildman–Crippen LogP) is 3.30. The highest BCUT2D eigenvalue weighted by atomic mass is 15.1. The van der Waals surface area contributed by atoms with E-state index in [0.29, 0.717) is 0 Å². The second-order valence-electron chi connectivity index (χ2n) is 5.30. The summed E-state index contributed by atoms with van der Waals surface area (Å²) in [6, 6.07) is 0. The van der Waals surface area contributed by atoms with Crippen molar-refractivity contribution in [2.24, 2.45) is 11.8 Å². The van der Waals surface area contributed by atoms with Crippen LogP contribution in [0.5, 0.6) is 0 Å². The van der Waals surface area contributed by atoms with Crippen molar-refractivity contribution in [3.05, 3.63) is 0 Å². The Morgan fingerprint density at radius 3 is 2.14 bits per heavy atom. The van der Waals surface area contributed by atoms with Crippen molar-refractivity contribution in [3.63, 3.8) is 0 Å². The summed E-state index contributed by atoms with van der Waals surface area (Å²) in [4.78, 5) is 2.72. The molecule has 1 saturated heterocycles. The van der Waals surface area contributed by atoms with Crippen LogP contribution in [0, 0.1) is 11.8 Å². The molecule has 82 valence electrons. The molecule has 0 bridgehead atoms. The molecule has 0 atom stereocenters. The van der Waals surface area contributed by atoms with Crippen LogP contribution in [0.25, 0.3) is 0 Å². The van der Waals surface area contributed by atoms with Crippen molar-refractivity contribution in [2.45, 2.75) is 51.9 Å². The maximum absolute atomic E-state index is 2.72. The Balaban J connectivity index is 1.67. The zero-order valence-electron chi connectivity index (χ0n) is 9.67. The average Bonchev–Trinajstić information content (AvgIpc) is 2.72. The lowest BCUT2D eigenvalue weighted by Gasteiger charge is -2.33. The first-order chi connectivity index (χ1) is 6.88. The quantitative estimate of drug-likeness (QED) is 0.668. The molecule has 0 radical (unpaired) electrons. The fourth-order valence-corrected chi connectivity index (χ4v) is 3.14. The van der Waals surface area contributed by atoms with Crippen molar-refractivity contribution in [1.82, 2.24) is 4.90 Å². The molecule has 1 nitrogen and oxygen atoms in total. The van der Waals surface area contributed by atoms with Crippen LogP contribution in [0.2, 0.25) is 0 Å². The van der Waals surface area contributed by atoms with E-state index in [1.54, 1.807) is 0 Å². The first-order valence-corrected chi connectivity index (χ1v) is 6.61. The standard InChI is InChI=1S/C13H25N/c1-2-12-7-9-14(10-8-12)11-13-5-3-4-6-13/h12-13H,2-11H2,1H3. The van der Waals surface area contributed by atoms with Crippen molar-refractivity contribution in [2.75, 3.05) is 19.6 Å². The van der Waals surface area contributed by atoms with Crippen LogP contribution in [-0.2, 0) is 0 Å². The monoisotopic (exact) mass is 195 g/mol. The second kappa shape index (κ2) is 5.16. The van der Waals surface area contributed by atoms with Gasteiger partial charge in [0.15, 0.2) is 0 Å². The van der Waals surface area contributed by atoms with Crippen molar-refractivity contribution < 1.29 is 0 Å². The van der Waals surface area contributed by atoms with Crippen molar-refractivity contribution >= 4 is 0 Å².